The van der Waals surface area contributed by atoms with E-state index in [0.717, 1.165) is 10.6 Å². The van der Waals surface area contributed by atoms with Gasteiger partial charge >= 0.3 is 0 Å². The Labute approximate surface area is 160 Å². The molecule has 0 aliphatic rings. The van der Waals surface area contributed by atoms with E-state index in [1.54, 1.807) is 12.1 Å². The second-order valence-corrected chi connectivity index (χ2v) is 7.29. The number of carbonyl (C=O) groups is 2. The summed E-state index contributed by atoms with van der Waals surface area (Å²) in [4.78, 5) is 25.1. The number of nitrogens with one attached hydrogen (secondary N) is 2. The molecule has 2 amide bonds. The van der Waals surface area contributed by atoms with E-state index in [1.807, 2.05) is 44.2 Å². The van der Waals surface area contributed by atoms with E-state index in [-0.39, 0.29) is 17.6 Å². The first-order valence-electron chi connectivity index (χ1n) is 8.55. The Morgan fingerprint density at radius 3 is 2.52 bits per heavy atom. The first kappa shape index (κ1) is 18.8. The molecule has 3 aromatic rings. The minimum atomic E-state index is -0.781. The Morgan fingerprint density at radius 1 is 1.11 bits per heavy atom. The second-order valence-electron chi connectivity index (χ2n) is 6.28. The van der Waals surface area contributed by atoms with Gasteiger partial charge in [-0.1, -0.05) is 55.5 Å². The molecule has 0 saturated carbocycles. The minimum absolute atomic E-state index is 0.152. The van der Waals surface area contributed by atoms with Gasteiger partial charge in [-0.15, -0.1) is 10.2 Å². The molecule has 140 valence electrons. The van der Waals surface area contributed by atoms with E-state index in [0.29, 0.717) is 11.6 Å². The van der Waals surface area contributed by atoms with Crippen molar-refractivity contribution in [1.29, 1.82) is 0 Å². The van der Waals surface area contributed by atoms with E-state index in [4.69, 9.17) is 4.42 Å². The molecule has 2 aromatic heterocycles. The number of hydrogen-bond acceptors (Lipinski definition) is 6. The zero-order valence-corrected chi connectivity index (χ0v) is 15.8. The maximum absolute atomic E-state index is 12.8. The minimum Gasteiger partial charge on any atom is -0.459 e. The van der Waals surface area contributed by atoms with Crippen LogP contribution >= 0.6 is 11.3 Å². The predicted molar refractivity (Wildman–Crippen MR) is 103 cm³/mol. The molecular formula is C19H20N4O3S. The fourth-order valence-electron chi connectivity index (χ4n) is 2.41. The van der Waals surface area contributed by atoms with Gasteiger partial charge in [0.1, 0.15) is 11.0 Å². The van der Waals surface area contributed by atoms with Gasteiger partial charge < -0.3 is 9.73 Å². The summed E-state index contributed by atoms with van der Waals surface area (Å²) in [5.74, 6) is -0.424. The lowest BCUT2D eigenvalue weighted by atomic mass is 10.1. The van der Waals surface area contributed by atoms with Crippen LogP contribution in [0, 0.1) is 0 Å². The highest BCUT2D eigenvalue weighted by atomic mass is 32.1. The van der Waals surface area contributed by atoms with Gasteiger partial charge in [0.05, 0.1) is 6.26 Å². The summed E-state index contributed by atoms with van der Waals surface area (Å²) in [6, 6.07) is 11.9. The van der Waals surface area contributed by atoms with Gasteiger partial charge in [-0.05, 0) is 17.7 Å². The van der Waals surface area contributed by atoms with Crippen LogP contribution in [0.2, 0.25) is 0 Å². The SMILES string of the molecule is CC(C)c1nnc(NC(=O)C(Cc2ccccc2)NC(=O)c2ccco2)s1. The Hall–Kier alpha value is -3.00. The summed E-state index contributed by atoms with van der Waals surface area (Å²) in [7, 11) is 0. The Bertz CT molecular complexity index is 891. The summed E-state index contributed by atoms with van der Waals surface area (Å²) in [5, 5.41) is 14.8. The molecule has 0 aliphatic carbocycles. The fraction of sp³-hybridized carbons (Fsp3) is 0.263. The summed E-state index contributed by atoms with van der Waals surface area (Å²) in [6.07, 6.45) is 1.75. The Morgan fingerprint density at radius 2 is 1.89 bits per heavy atom. The van der Waals surface area contributed by atoms with Crippen LogP contribution in [0.1, 0.15) is 40.9 Å². The lowest BCUT2D eigenvalue weighted by molar-refractivity contribution is -0.118. The maximum atomic E-state index is 12.8. The summed E-state index contributed by atoms with van der Waals surface area (Å²) in [5.41, 5.74) is 0.928. The molecule has 27 heavy (non-hydrogen) atoms. The third-order valence-electron chi connectivity index (χ3n) is 3.81. The van der Waals surface area contributed by atoms with Crippen LogP contribution < -0.4 is 10.6 Å². The smallest absolute Gasteiger partial charge is 0.287 e. The molecule has 0 radical (unpaired) electrons. The molecule has 0 bridgehead atoms. The second kappa shape index (κ2) is 8.59. The standard InChI is InChI=1S/C19H20N4O3S/c1-12(2)18-22-23-19(27-18)21-16(24)14(11-13-7-4-3-5-8-13)20-17(25)15-9-6-10-26-15/h3-10,12,14H,11H2,1-2H3,(H,20,25)(H,21,23,24). The fourth-order valence-corrected chi connectivity index (χ4v) is 3.16. The zero-order valence-electron chi connectivity index (χ0n) is 15.0. The van der Waals surface area contributed by atoms with Crippen molar-refractivity contribution in [1.82, 2.24) is 15.5 Å². The number of furan rings is 1. The molecule has 1 aromatic carbocycles. The number of hydrogen-bond donors (Lipinski definition) is 2. The lowest BCUT2D eigenvalue weighted by Crippen LogP contribution is -2.45. The van der Waals surface area contributed by atoms with Crippen molar-refractivity contribution >= 4 is 28.3 Å². The number of rotatable bonds is 7. The Kier molecular flexibility index (Phi) is 5.97. The average Bonchev–Trinajstić information content (AvgIpc) is 3.34. The van der Waals surface area contributed by atoms with Crippen molar-refractivity contribution in [2.24, 2.45) is 0 Å². The van der Waals surface area contributed by atoms with Gasteiger partial charge in [0.25, 0.3) is 5.91 Å². The number of benzene rings is 1. The number of anilines is 1. The lowest BCUT2D eigenvalue weighted by Gasteiger charge is -2.17. The molecule has 2 N–H and O–H groups in total. The maximum Gasteiger partial charge on any atom is 0.287 e. The highest BCUT2D eigenvalue weighted by Gasteiger charge is 2.24. The van der Waals surface area contributed by atoms with Gasteiger partial charge in [0.2, 0.25) is 11.0 Å². The highest BCUT2D eigenvalue weighted by Crippen LogP contribution is 2.22. The highest BCUT2D eigenvalue weighted by molar-refractivity contribution is 7.15. The molecule has 1 unspecified atom stereocenters. The molecule has 3 rings (SSSR count). The van der Waals surface area contributed by atoms with E-state index in [9.17, 15) is 9.59 Å². The van der Waals surface area contributed by atoms with Crippen LogP contribution in [-0.2, 0) is 11.2 Å². The quantitative estimate of drug-likeness (QED) is 0.652. The van der Waals surface area contributed by atoms with Gasteiger partial charge in [0.15, 0.2) is 5.76 Å². The van der Waals surface area contributed by atoms with Crippen molar-refractivity contribution in [2.75, 3.05) is 5.32 Å². The van der Waals surface area contributed by atoms with Crippen LogP contribution in [0.25, 0.3) is 0 Å². The molecule has 7 nitrogen and oxygen atoms in total. The van der Waals surface area contributed by atoms with E-state index in [1.165, 1.54) is 17.6 Å². The van der Waals surface area contributed by atoms with E-state index in [2.05, 4.69) is 20.8 Å². The molecule has 0 saturated heterocycles. The van der Waals surface area contributed by atoms with Gasteiger partial charge in [-0.3, -0.25) is 14.9 Å². The monoisotopic (exact) mass is 384 g/mol. The van der Waals surface area contributed by atoms with Gasteiger partial charge in [0, 0.05) is 12.3 Å². The van der Waals surface area contributed by atoms with Crippen LogP contribution in [-0.4, -0.2) is 28.1 Å². The van der Waals surface area contributed by atoms with E-state index < -0.39 is 11.9 Å². The number of nitrogens with zero attached hydrogens (tertiary/aromatic N) is 2. The van der Waals surface area contributed by atoms with Gasteiger partial charge in [-0.2, -0.15) is 0 Å². The third-order valence-corrected chi connectivity index (χ3v) is 4.95. The number of carbonyl (C=O) groups excluding carboxylic acids is 2. The number of amides is 2. The Balaban J connectivity index is 1.74. The first-order chi connectivity index (χ1) is 13.0. The van der Waals surface area contributed by atoms with Crippen LogP contribution in [0.5, 0.6) is 0 Å². The van der Waals surface area contributed by atoms with Crippen molar-refractivity contribution in [3.63, 3.8) is 0 Å². The van der Waals surface area contributed by atoms with Crippen LogP contribution in [0.15, 0.2) is 53.1 Å². The normalized spacial score (nSPS) is 12.0. The average molecular weight is 384 g/mol. The summed E-state index contributed by atoms with van der Waals surface area (Å²) in [6.45, 7) is 4.02. The third kappa shape index (κ3) is 5.01. The van der Waals surface area contributed by atoms with E-state index >= 15 is 0 Å². The summed E-state index contributed by atoms with van der Waals surface area (Å²) < 4.78 is 5.11. The zero-order chi connectivity index (χ0) is 19.2. The van der Waals surface area contributed by atoms with Crippen molar-refractivity contribution in [2.45, 2.75) is 32.2 Å². The molecule has 8 heteroatoms. The first-order valence-corrected chi connectivity index (χ1v) is 9.37. The van der Waals surface area contributed by atoms with Crippen molar-refractivity contribution in [3.8, 4) is 0 Å². The van der Waals surface area contributed by atoms with Crippen LogP contribution in [0.3, 0.4) is 0 Å². The predicted octanol–water partition coefficient (Wildman–Crippen LogP) is 3.23. The topological polar surface area (TPSA) is 97.1 Å². The molecule has 1 atom stereocenters. The molecule has 2 heterocycles. The molecule has 0 aliphatic heterocycles. The van der Waals surface area contributed by atoms with Crippen LogP contribution in [0.4, 0.5) is 5.13 Å². The summed E-state index contributed by atoms with van der Waals surface area (Å²) >= 11 is 1.32. The van der Waals surface area contributed by atoms with Gasteiger partial charge in [-0.25, -0.2) is 0 Å². The van der Waals surface area contributed by atoms with Crippen molar-refractivity contribution in [3.05, 3.63) is 65.1 Å². The largest absolute Gasteiger partial charge is 0.459 e. The number of aromatic nitrogens is 2. The molecular weight excluding hydrogens is 364 g/mol. The molecule has 0 spiro atoms. The molecule has 0 fully saturated rings. The van der Waals surface area contributed by atoms with Crippen molar-refractivity contribution < 1.29 is 14.0 Å².